The van der Waals surface area contributed by atoms with E-state index in [0.29, 0.717) is 11.1 Å². The molecule has 7 nitrogen and oxygen atoms in total. The Morgan fingerprint density at radius 1 is 1.16 bits per heavy atom. The number of pyridine rings is 1. The Balaban J connectivity index is 1.57. The van der Waals surface area contributed by atoms with Gasteiger partial charge >= 0.3 is 0 Å². The Morgan fingerprint density at radius 3 is 2.81 bits per heavy atom. The van der Waals surface area contributed by atoms with Gasteiger partial charge in [0, 0.05) is 41.9 Å². The number of benzene rings is 2. The first-order valence-corrected chi connectivity index (χ1v) is 10.4. The number of hydrogen-bond donors (Lipinski definition) is 3. The van der Waals surface area contributed by atoms with Crippen LogP contribution in [0.3, 0.4) is 0 Å². The summed E-state index contributed by atoms with van der Waals surface area (Å²) in [5.74, 6) is -0.249. The van der Waals surface area contributed by atoms with Gasteiger partial charge in [0.05, 0.1) is 22.9 Å². The number of fused-ring (bicyclic) bond motifs is 2. The summed E-state index contributed by atoms with van der Waals surface area (Å²) in [5, 5.41) is 4.01. The lowest BCUT2D eigenvalue weighted by molar-refractivity contribution is 0.0952. The third kappa shape index (κ3) is 3.28. The first-order valence-electron chi connectivity index (χ1n) is 10.4. The van der Waals surface area contributed by atoms with E-state index in [9.17, 15) is 9.59 Å². The summed E-state index contributed by atoms with van der Waals surface area (Å²) in [6.45, 7) is 3.87. The van der Waals surface area contributed by atoms with E-state index < -0.39 is 0 Å². The van der Waals surface area contributed by atoms with Gasteiger partial charge in [-0.2, -0.15) is 0 Å². The SMILES string of the molecule is Cc1cc(C)c(CNC(=O)c2cc(-c3cccc4[nH]ccc34)cc3ncn(C)c23)c(=O)[nH]1. The predicted molar refractivity (Wildman–Crippen MR) is 126 cm³/mol. The number of carbonyl (C=O) groups excluding carboxylic acids is 1. The van der Waals surface area contributed by atoms with Crippen LogP contribution in [0.2, 0.25) is 0 Å². The monoisotopic (exact) mass is 425 g/mol. The molecule has 3 heterocycles. The van der Waals surface area contributed by atoms with Crippen molar-refractivity contribution in [2.75, 3.05) is 0 Å². The van der Waals surface area contributed by atoms with E-state index in [0.717, 1.165) is 44.3 Å². The fraction of sp³-hybridized carbons (Fsp3) is 0.160. The minimum absolute atomic E-state index is 0.150. The van der Waals surface area contributed by atoms with Crippen LogP contribution >= 0.6 is 0 Å². The highest BCUT2D eigenvalue weighted by atomic mass is 16.1. The van der Waals surface area contributed by atoms with Crippen molar-refractivity contribution in [3.05, 3.63) is 87.7 Å². The van der Waals surface area contributed by atoms with Gasteiger partial charge in [-0.15, -0.1) is 0 Å². The van der Waals surface area contributed by atoms with Crippen LogP contribution < -0.4 is 10.9 Å². The molecule has 0 unspecified atom stereocenters. The predicted octanol–water partition coefficient (Wildman–Crippen LogP) is 3.96. The van der Waals surface area contributed by atoms with Crippen LogP contribution in [0.15, 0.2) is 59.8 Å². The average molecular weight is 425 g/mol. The smallest absolute Gasteiger partial charge is 0.253 e. The molecule has 0 atom stereocenters. The van der Waals surface area contributed by atoms with Crippen molar-refractivity contribution in [1.82, 2.24) is 24.8 Å². The third-order valence-electron chi connectivity index (χ3n) is 5.88. The molecule has 0 aliphatic rings. The van der Waals surface area contributed by atoms with Crippen LogP contribution in [0.1, 0.15) is 27.2 Å². The molecule has 5 rings (SSSR count). The molecule has 160 valence electrons. The van der Waals surface area contributed by atoms with Crippen molar-refractivity contribution >= 4 is 27.8 Å². The van der Waals surface area contributed by atoms with Crippen LogP contribution in [0.5, 0.6) is 0 Å². The topological polar surface area (TPSA) is 95.6 Å². The fourth-order valence-electron chi connectivity index (χ4n) is 4.33. The van der Waals surface area contributed by atoms with Gasteiger partial charge in [-0.25, -0.2) is 4.98 Å². The first kappa shape index (κ1) is 19.8. The number of aryl methyl sites for hydroxylation is 3. The summed E-state index contributed by atoms with van der Waals surface area (Å²) in [6, 6.07) is 13.9. The van der Waals surface area contributed by atoms with Crippen molar-refractivity contribution in [2.24, 2.45) is 7.05 Å². The van der Waals surface area contributed by atoms with E-state index in [-0.39, 0.29) is 18.0 Å². The Kier molecular flexibility index (Phi) is 4.66. The van der Waals surface area contributed by atoms with Crippen LogP contribution in [0, 0.1) is 13.8 Å². The number of aromatic nitrogens is 4. The minimum atomic E-state index is -0.249. The zero-order valence-corrected chi connectivity index (χ0v) is 18.1. The molecule has 7 heteroatoms. The first-order chi connectivity index (χ1) is 15.4. The van der Waals surface area contributed by atoms with Gasteiger partial charge in [0.25, 0.3) is 11.5 Å². The molecule has 3 aromatic heterocycles. The summed E-state index contributed by atoms with van der Waals surface area (Å²) in [7, 11) is 1.87. The number of rotatable bonds is 4. The van der Waals surface area contributed by atoms with E-state index in [2.05, 4.69) is 20.3 Å². The maximum absolute atomic E-state index is 13.3. The van der Waals surface area contributed by atoms with E-state index >= 15 is 0 Å². The van der Waals surface area contributed by atoms with Gasteiger partial charge in [-0.3, -0.25) is 9.59 Å². The minimum Gasteiger partial charge on any atom is -0.361 e. The van der Waals surface area contributed by atoms with Crippen LogP contribution in [0.25, 0.3) is 33.1 Å². The van der Waals surface area contributed by atoms with Gasteiger partial charge in [-0.1, -0.05) is 12.1 Å². The van der Waals surface area contributed by atoms with Gasteiger partial charge in [0.2, 0.25) is 0 Å². The number of imidazole rings is 1. The standard InChI is InChI=1S/C25H23N5O2/c1-14-9-15(2)29-25(32)20(14)12-27-24(31)19-10-16(11-22-23(19)30(3)13-28-22)17-5-4-6-21-18(17)7-8-26-21/h4-11,13,26H,12H2,1-3H3,(H,27,31)(H,29,32). The Labute approximate surface area is 184 Å². The average Bonchev–Trinajstić information content (AvgIpc) is 3.39. The summed E-state index contributed by atoms with van der Waals surface area (Å²) in [6.07, 6.45) is 3.61. The molecule has 0 spiro atoms. The van der Waals surface area contributed by atoms with Crippen LogP contribution in [-0.2, 0) is 13.6 Å². The van der Waals surface area contributed by atoms with Crippen molar-refractivity contribution in [3.63, 3.8) is 0 Å². The number of nitrogens with one attached hydrogen (secondary N) is 3. The summed E-state index contributed by atoms with van der Waals surface area (Å²) >= 11 is 0. The fourth-order valence-corrected chi connectivity index (χ4v) is 4.33. The molecule has 0 saturated carbocycles. The Bertz CT molecular complexity index is 1550. The lowest BCUT2D eigenvalue weighted by atomic mass is 9.98. The number of hydrogen-bond acceptors (Lipinski definition) is 3. The van der Waals surface area contributed by atoms with Gasteiger partial charge in [0.15, 0.2) is 0 Å². The zero-order valence-electron chi connectivity index (χ0n) is 18.1. The lowest BCUT2D eigenvalue weighted by Crippen LogP contribution is -2.28. The van der Waals surface area contributed by atoms with E-state index in [1.165, 1.54) is 0 Å². The summed E-state index contributed by atoms with van der Waals surface area (Å²) < 4.78 is 1.84. The molecule has 0 fully saturated rings. The van der Waals surface area contributed by atoms with E-state index in [4.69, 9.17) is 0 Å². The Hall–Kier alpha value is -4.13. The molecular formula is C25H23N5O2. The second-order valence-electron chi connectivity index (χ2n) is 8.12. The van der Waals surface area contributed by atoms with E-state index in [1.807, 2.05) is 74.1 Å². The molecular weight excluding hydrogens is 402 g/mol. The molecule has 5 aromatic rings. The Morgan fingerprint density at radius 2 is 2.00 bits per heavy atom. The number of aromatic amines is 2. The molecule has 0 aliphatic heterocycles. The van der Waals surface area contributed by atoms with Crippen LogP contribution in [0.4, 0.5) is 0 Å². The van der Waals surface area contributed by atoms with Gasteiger partial charge in [-0.05, 0) is 60.9 Å². The summed E-state index contributed by atoms with van der Waals surface area (Å²) in [4.78, 5) is 36.2. The molecule has 0 bridgehead atoms. The largest absolute Gasteiger partial charge is 0.361 e. The maximum atomic E-state index is 13.3. The molecule has 32 heavy (non-hydrogen) atoms. The molecule has 2 aromatic carbocycles. The van der Waals surface area contributed by atoms with Gasteiger partial charge in [0.1, 0.15) is 0 Å². The molecule has 3 N–H and O–H groups in total. The zero-order chi connectivity index (χ0) is 22.4. The highest BCUT2D eigenvalue weighted by molar-refractivity contribution is 6.08. The highest BCUT2D eigenvalue weighted by Gasteiger charge is 2.18. The normalized spacial score (nSPS) is 11.3. The lowest BCUT2D eigenvalue weighted by Gasteiger charge is -2.12. The van der Waals surface area contributed by atoms with Gasteiger partial charge < -0.3 is 19.9 Å². The van der Waals surface area contributed by atoms with Crippen molar-refractivity contribution in [3.8, 4) is 11.1 Å². The highest BCUT2D eigenvalue weighted by Crippen LogP contribution is 2.32. The van der Waals surface area contributed by atoms with E-state index in [1.54, 1.807) is 6.33 Å². The number of amides is 1. The number of H-pyrrole nitrogens is 2. The molecule has 0 saturated heterocycles. The number of nitrogens with zero attached hydrogens (tertiary/aromatic N) is 2. The molecule has 1 amide bonds. The third-order valence-corrected chi connectivity index (χ3v) is 5.88. The van der Waals surface area contributed by atoms with Crippen molar-refractivity contribution < 1.29 is 4.79 Å². The second-order valence-corrected chi connectivity index (χ2v) is 8.12. The molecule has 0 radical (unpaired) electrons. The number of carbonyl (C=O) groups is 1. The van der Waals surface area contributed by atoms with Crippen LogP contribution in [-0.4, -0.2) is 25.4 Å². The molecule has 0 aliphatic carbocycles. The maximum Gasteiger partial charge on any atom is 0.253 e. The second kappa shape index (κ2) is 7.53. The van der Waals surface area contributed by atoms with Crippen molar-refractivity contribution in [2.45, 2.75) is 20.4 Å². The van der Waals surface area contributed by atoms with Crippen molar-refractivity contribution in [1.29, 1.82) is 0 Å². The quantitative estimate of drug-likeness (QED) is 0.407. The summed E-state index contributed by atoms with van der Waals surface area (Å²) in [5.41, 5.74) is 7.01.